The largest absolute Gasteiger partial charge is 0.382 e. The molecule has 0 aromatic heterocycles. The summed E-state index contributed by atoms with van der Waals surface area (Å²) in [6, 6.07) is 7.39. The van der Waals surface area contributed by atoms with Gasteiger partial charge in [-0.05, 0) is 56.0 Å². The van der Waals surface area contributed by atoms with Crippen molar-refractivity contribution in [2.45, 2.75) is 25.8 Å². The molecular weight excluding hydrogens is 234 g/mol. The summed E-state index contributed by atoms with van der Waals surface area (Å²) in [6.45, 7) is 6.08. The van der Waals surface area contributed by atoms with Crippen molar-refractivity contribution in [3.8, 4) is 0 Å². The van der Waals surface area contributed by atoms with Crippen LogP contribution in [-0.2, 0) is 0 Å². The molecule has 3 unspecified atom stereocenters. The van der Waals surface area contributed by atoms with Crippen LogP contribution >= 0.6 is 0 Å². The summed E-state index contributed by atoms with van der Waals surface area (Å²) in [6.07, 6.45) is 2.66. The van der Waals surface area contributed by atoms with Crippen LogP contribution in [0.4, 0.5) is 11.4 Å². The Balaban J connectivity index is 1.72. The zero-order valence-corrected chi connectivity index (χ0v) is 12.3. The molecule has 0 aliphatic carbocycles. The van der Waals surface area contributed by atoms with Crippen LogP contribution < -0.4 is 10.2 Å². The summed E-state index contributed by atoms with van der Waals surface area (Å²) in [7, 11) is 4.19. The van der Waals surface area contributed by atoms with E-state index in [1.807, 2.05) is 0 Å². The number of rotatable bonds is 3. The molecule has 2 fully saturated rings. The van der Waals surface area contributed by atoms with Gasteiger partial charge in [-0.3, -0.25) is 0 Å². The molecule has 3 atom stereocenters. The normalized spacial score (nSPS) is 29.3. The Morgan fingerprint density at radius 3 is 2.74 bits per heavy atom. The molecule has 2 heterocycles. The average molecular weight is 259 g/mol. The Morgan fingerprint density at radius 2 is 2.00 bits per heavy atom. The third-order valence-electron chi connectivity index (χ3n) is 4.70. The van der Waals surface area contributed by atoms with Gasteiger partial charge in [0.1, 0.15) is 0 Å². The highest BCUT2D eigenvalue weighted by atomic mass is 15.2. The monoisotopic (exact) mass is 259 g/mol. The second-order valence-corrected chi connectivity index (χ2v) is 6.28. The Labute approximate surface area is 116 Å². The van der Waals surface area contributed by atoms with Gasteiger partial charge in [0.2, 0.25) is 0 Å². The van der Waals surface area contributed by atoms with Crippen molar-refractivity contribution in [3.05, 3.63) is 23.8 Å². The molecule has 3 nitrogen and oxygen atoms in total. The summed E-state index contributed by atoms with van der Waals surface area (Å²) in [5, 5.41) is 3.80. The summed E-state index contributed by atoms with van der Waals surface area (Å²) in [5.41, 5.74) is 3.95. The molecule has 1 aromatic rings. The van der Waals surface area contributed by atoms with Crippen LogP contribution in [0.2, 0.25) is 0 Å². The van der Waals surface area contributed by atoms with Gasteiger partial charge in [0, 0.05) is 44.6 Å². The van der Waals surface area contributed by atoms with Crippen LogP contribution in [0.15, 0.2) is 18.2 Å². The predicted molar refractivity (Wildman–Crippen MR) is 82.1 cm³/mol. The molecule has 0 saturated carbocycles. The van der Waals surface area contributed by atoms with Crippen LogP contribution in [-0.4, -0.2) is 44.7 Å². The van der Waals surface area contributed by atoms with Crippen LogP contribution in [0.5, 0.6) is 0 Å². The fraction of sp³-hybridized carbons (Fsp3) is 0.625. The average Bonchev–Trinajstić information content (AvgIpc) is 2.77. The maximum Gasteiger partial charge on any atom is 0.0373 e. The van der Waals surface area contributed by atoms with Gasteiger partial charge in [-0.1, -0.05) is 0 Å². The zero-order valence-electron chi connectivity index (χ0n) is 12.3. The van der Waals surface area contributed by atoms with Gasteiger partial charge in [-0.15, -0.1) is 0 Å². The van der Waals surface area contributed by atoms with Crippen LogP contribution in [0.25, 0.3) is 0 Å². The maximum absolute atomic E-state index is 3.80. The first-order valence-electron chi connectivity index (χ1n) is 7.40. The Kier molecular flexibility index (Phi) is 3.40. The van der Waals surface area contributed by atoms with Gasteiger partial charge in [0.15, 0.2) is 0 Å². The summed E-state index contributed by atoms with van der Waals surface area (Å²) in [4.78, 5) is 4.76. The molecule has 3 rings (SSSR count). The van der Waals surface area contributed by atoms with Gasteiger partial charge >= 0.3 is 0 Å². The third-order valence-corrected chi connectivity index (χ3v) is 4.70. The van der Waals surface area contributed by atoms with E-state index in [4.69, 9.17) is 0 Å². The number of fused-ring (bicyclic) bond motifs is 2. The third kappa shape index (κ3) is 2.57. The SMILES string of the molecule is Cc1cc(N(C)C)ccc1NC1CCN2CCC1C2. The fourth-order valence-electron chi connectivity index (χ4n) is 3.43. The summed E-state index contributed by atoms with van der Waals surface area (Å²) >= 11 is 0. The quantitative estimate of drug-likeness (QED) is 0.900. The summed E-state index contributed by atoms with van der Waals surface area (Å²) in [5.74, 6) is 0.849. The van der Waals surface area contributed by atoms with Crippen LogP contribution in [0.3, 0.4) is 0 Å². The molecule has 1 aromatic carbocycles. The predicted octanol–water partition coefficient (Wildman–Crippen LogP) is 2.57. The van der Waals surface area contributed by atoms with Crippen molar-refractivity contribution in [2.75, 3.05) is 43.9 Å². The minimum Gasteiger partial charge on any atom is -0.382 e. The lowest BCUT2D eigenvalue weighted by molar-refractivity contribution is 0.255. The number of hydrogen-bond acceptors (Lipinski definition) is 3. The van der Waals surface area contributed by atoms with Gasteiger partial charge in [-0.2, -0.15) is 0 Å². The minimum atomic E-state index is 0.669. The van der Waals surface area contributed by atoms with Crippen molar-refractivity contribution >= 4 is 11.4 Å². The van der Waals surface area contributed by atoms with E-state index < -0.39 is 0 Å². The topological polar surface area (TPSA) is 18.5 Å². The van der Waals surface area contributed by atoms with Crippen molar-refractivity contribution in [1.29, 1.82) is 0 Å². The first kappa shape index (κ1) is 12.8. The number of benzene rings is 1. The van der Waals surface area contributed by atoms with Gasteiger partial charge < -0.3 is 15.1 Å². The Morgan fingerprint density at radius 1 is 1.21 bits per heavy atom. The van der Waals surface area contributed by atoms with Gasteiger partial charge in [0.25, 0.3) is 0 Å². The molecule has 0 spiro atoms. The molecular formula is C16H25N3. The Hall–Kier alpha value is -1.22. The van der Waals surface area contributed by atoms with E-state index in [1.165, 1.54) is 49.4 Å². The van der Waals surface area contributed by atoms with Crippen LogP contribution in [0, 0.1) is 12.8 Å². The molecule has 2 bridgehead atoms. The number of nitrogens with zero attached hydrogens (tertiary/aromatic N) is 2. The van der Waals surface area contributed by atoms with E-state index in [0.717, 1.165) is 5.92 Å². The van der Waals surface area contributed by atoms with E-state index >= 15 is 0 Å². The van der Waals surface area contributed by atoms with Crippen molar-refractivity contribution in [3.63, 3.8) is 0 Å². The standard InChI is InChI=1S/C16H25N3/c1-12-10-14(18(2)3)4-5-15(12)17-16-7-9-19-8-6-13(16)11-19/h4-5,10,13,16-17H,6-9,11H2,1-3H3. The van der Waals surface area contributed by atoms with Crippen molar-refractivity contribution < 1.29 is 0 Å². The van der Waals surface area contributed by atoms with Crippen LogP contribution in [0.1, 0.15) is 18.4 Å². The first-order chi connectivity index (χ1) is 9.13. The van der Waals surface area contributed by atoms with E-state index in [-0.39, 0.29) is 0 Å². The number of piperidine rings is 1. The second kappa shape index (κ2) is 5.04. The summed E-state index contributed by atoms with van der Waals surface area (Å²) < 4.78 is 0. The van der Waals surface area contributed by atoms with E-state index in [9.17, 15) is 0 Å². The number of anilines is 2. The van der Waals surface area contributed by atoms with Crippen molar-refractivity contribution in [1.82, 2.24) is 4.90 Å². The van der Waals surface area contributed by atoms with E-state index in [0.29, 0.717) is 6.04 Å². The smallest absolute Gasteiger partial charge is 0.0373 e. The maximum atomic E-state index is 3.80. The first-order valence-corrected chi connectivity index (χ1v) is 7.40. The highest BCUT2D eigenvalue weighted by Crippen LogP contribution is 2.31. The molecule has 1 N–H and O–H groups in total. The lowest BCUT2D eigenvalue weighted by atomic mass is 9.93. The Bertz CT molecular complexity index is 455. The van der Waals surface area contributed by atoms with Gasteiger partial charge in [0.05, 0.1) is 0 Å². The second-order valence-electron chi connectivity index (χ2n) is 6.28. The van der Waals surface area contributed by atoms with Crippen molar-refractivity contribution in [2.24, 2.45) is 5.92 Å². The lowest BCUT2D eigenvalue weighted by Gasteiger charge is -2.32. The van der Waals surface area contributed by atoms with Gasteiger partial charge in [-0.25, -0.2) is 0 Å². The lowest BCUT2D eigenvalue weighted by Crippen LogP contribution is -2.39. The van der Waals surface area contributed by atoms with E-state index in [1.54, 1.807) is 0 Å². The molecule has 19 heavy (non-hydrogen) atoms. The number of nitrogens with one attached hydrogen (secondary N) is 1. The molecule has 0 amide bonds. The zero-order chi connectivity index (χ0) is 13.4. The molecule has 0 radical (unpaired) electrons. The highest BCUT2D eigenvalue weighted by molar-refractivity contribution is 5.60. The highest BCUT2D eigenvalue weighted by Gasteiger charge is 2.34. The molecule has 3 heteroatoms. The number of hydrogen-bond donors (Lipinski definition) is 1. The fourth-order valence-corrected chi connectivity index (χ4v) is 3.43. The molecule has 2 aliphatic heterocycles. The van der Waals surface area contributed by atoms with E-state index in [2.05, 4.69) is 54.3 Å². The number of aryl methyl sites for hydroxylation is 1. The molecule has 2 saturated heterocycles. The molecule has 104 valence electrons. The molecule has 2 aliphatic rings. The minimum absolute atomic E-state index is 0.669.